The average Bonchev–Trinajstić information content (AvgIpc) is 3.01. The lowest BCUT2D eigenvalue weighted by Crippen LogP contribution is -2.60. The second-order valence-corrected chi connectivity index (χ2v) is 12.4. The number of carboxylic acids is 2. The minimum atomic E-state index is -1.25. The molecule has 3 aromatic rings. The molecular weight excluding hydrogens is 643 g/mol. The smallest absolute Gasteiger partial charge is 0.333 e. The van der Waals surface area contributed by atoms with Crippen molar-refractivity contribution in [1.82, 2.24) is 15.1 Å². The van der Waals surface area contributed by atoms with Gasteiger partial charge in [-0.2, -0.15) is 0 Å². The van der Waals surface area contributed by atoms with Crippen molar-refractivity contribution in [2.75, 3.05) is 26.2 Å². The number of hydrogen-bond acceptors (Lipinski definition) is 7. The van der Waals surface area contributed by atoms with Crippen molar-refractivity contribution in [1.29, 1.82) is 0 Å². The summed E-state index contributed by atoms with van der Waals surface area (Å²) < 4.78 is 0. The first-order valence-electron chi connectivity index (χ1n) is 15.3. The third-order valence-corrected chi connectivity index (χ3v) is 9.43. The van der Waals surface area contributed by atoms with Crippen LogP contribution in [-0.2, 0) is 9.59 Å². The maximum Gasteiger partial charge on any atom is 0.333 e. The van der Waals surface area contributed by atoms with E-state index in [1.54, 1.807) is 13.0 Å². The van der Waals surface area contributed by atoms with Gasteiger partial charge >= 0.3 is 11.9 Å². The number of nitrogens with one attached hydrogen (secondary N) is 1. The van der Waals surface area contributed by atoms with Crippen molar-refractivity contribution in [3.05, 3.63) is 123 Å². The number of halogens is 2. The summed E-state index contributed by atoms with van der Waals surface area (Å²) >= 11 is 0. The van der Waals surface area contributed by atoms with E-state index in [1.165, 1.54) is 29.3 Å². The van der Waals surface area contributed by atoms with Crippen molar-refractivity contribution in [3.63, 3.8) is 0 Å². The second-order valence-electron chi connectivity index (χ2n) is 12.4. The van der Waals surface area contributed by atoms with Crippen LogP contribution in [0.3, 0.4) is 0 Å². The normalized spacial score (nSPS) is 22.4. The molecule has 2 aliphatic heterocycles. The van der Waals surface area contributed by atoms with Crippen LogP contribution in [0.1, 0.15) is 55.8 Å². The van der Waals surface area contributed by atoms with Crippen molar-refractivity contribution in [2.45, 2.75) is 50.7 Å². The number of piperazine rings is 1. The Morgan fingerprint density at radius 2 is 1.45 bits per heavy atom. The number of rotatable bonds is 10. The third-order valence-electron chi connectivity index (χ3n) is 9.43. The number of nitro benzene ring substituents is 1. The fourth-order valence-electron chi connectivity index (χ4n) is 7.48. The fraction of sp³-hybridized carbons (Fsp3) is 0.371. The van der Waals surface area contributed by atoms with E-state index in [0.717, 1.165) is 26.2 Å². The number of nitro groups is 1. The minimum absolute atomic E-state index is 0. The average molecular weight is 686 g/mol. The van der Waals surface area contributed by atoms with E-state index < -0.39 is 34.2 Å². The molecule has 0 radical (unpaired) electrons. The summed E-state index contributed by atoms with van der Waals surface area (Å²) in [4.78, 5) is 41.3. The van der Waals surface area contributed by atoms with Gasteiger partial charge in [-0.25, -0.2) is 4.79 Å². The number of carbonyl (C=O) groups is 2. The van der Waals surface area contributed by atoms with Crippen LogP contribution in [-0.4, -0.2) is 74.6 Å². The van der Waals surface area contributed by atoms with E-state index in [0.29, 0.717) is 17.7 Å². The Balaban J connectivity index is 0.00000300. The lowest BCUT2D eigenvalue weighted by atomic mass is 9.65. The summed E-state index contributed by atoms with van der Waals surface area (Å²) in [6.07, 6.45) is 0.431. The number of benzene rings is 3. The zero-order valence-electron chi connectivity index (χ0n) is 26.6. The number of allylic oxidation sites excluding steroid dienone is 1. The molecule has 1 fully saturated rings. The summed E-state index contributed by atoms with van der Waals surface area (Å²) in [5.41, 5.74) is 1.80. The molecule has 3 N–H and O–H groups in total. The summed E-state index contributed by atoms with van der Waals surface area (Å²) in [7, 11) is 0. The van der Waals surface area contributed by atoms with E-state index in [-0.39, 0.29) is 48.2 Å². The number of hydrogen-bond donors (Lipinski definition) is 3. The first-order chi connectivity index (χ1) is 21.5. The van der Waals surface area contributed by atoms with Crippen LogP contribution in [0.25, 0.3) is 0 Å². The molecule has 3 aromatic carbocycles. The maximum absolute atomic E-state index is 13.0. The van der Waals surface area contributed by atoms with Gasteiger partial charge in [0, 0.05) is 61.5 Å². The van der Waals surface area contributed by atoms with Crippen LogP contribution in [0.4, 0.5) is 5.69 Å². The van der Waals surface area contributed by atoms with E-state index in [2.05, 4.69) is 70.6 Å². The van der Waals surface area contributed by atoms with Crippen LogP contribution in [0.5, 0.6) is 0 Å². The van der Waals surface area contributed by atoms with E-state index >= 15 is 0 Å². The number of non-ortho nitro benzene ring substituents is 1. The summed E-state index contributed by atoms with van der Waals surface area (Å²) in [6, 6.07) is 26.7. The van der Waals surface area contributed by atoms with Crippen molar-refractivity contribution in [3.8, 4) is 0 Å². The monoisotopic (exact) mass is 684 g/mol. The highest BCUT2D eigenvalue weighted by Crippen LogP contribution is 2.46. The summed E-state index contributed by atoms with van der Waals surface area (Å²) in [6.45, 7) is 8.77. The summed E-state index contributed by atoms with van der Waals surface area (Å²) in [5.74, 6) is -4.66. The van der Waals surface area contributed by atoms with Gasteiger partial charge in [0.25, 0.3) is 5.69 Å². The molecule has 252 valence electrons. The molecule has 2 aliphatic rings. The molecule has 0 aromatic heterocycles. The summed E-state index contributed by atoms with van der Waals surface area (Å²) in [5, 5.41) is 35.6. The maximum atomic E-state index is 13.0. The van der Waals surface area contributed by atoms with E-state index in [9.17, 15) is 29.9 Å². The Hall–Kier alpha value is -3.96. The van der Waals surface area contributed by atoms with Gasteiger partial charge in [-0.15, -0.1) is 24.8 Å². The van der Waals surface area contributed by atoms with E-state index in [4.69, 9.17) is 0 Å². The van der Waals surface area contributed by atoms with Crippen LogP contribution in [0.15, 0.2) is 96.2 Å². The molecule has 0 aliphatic carbocycles. The Kier molecular flexibility index (Phi) is 12.6. The molecule has 0 amide bonds. The number of nitrogens with zero attached hydrogens (tertiary/aromatic N) is 3. The van der Waals surface area contributed by atoms with Gasteiger partial charge in [-0.3, -0.25) is 24.7 Å². The first-order valence-corrected chi connectivity index (χ1v) is 15.3. The number of carboxylic acid groups (broad SMARTS) is 2. The Bertz CT molecular complexity index is 1540. The van der Waals surface area contributed by atoms with Crippen molar-refractivity contribution in [2.24, 2.45) is 5.92 Å². The minimum Gasteiger partial charge on any atom is -0.481 e. The largest absolute Gasteiger partial charge is 0.481 e. The first kappa shape index (κ1) is 37.5. The number of aliphatic carboxylic acids is 2. The van der Waals surface area contributed by atoms with Gasteiger partial charge in [-0.05, 0) is 43.9 Å². The van der Waals surface area contributed by atoms with Gasteiger partial charge in [0.15, 0.2) is 0 Å². The molecule has 4 atom stereocenters. The van der Waals surface area contributed by atoms with Gasteiger partial charge in [0.1, 0.15) is 0 Å². The fourth-order valence-corrected chi connectivity index (χ4v) is 7.48. The molecule has 5 rings (SSSR count). The van der Waals surface area contributed by atoms with Crippen LogP contribution in [0.2, 0.25) is 0 Å². The molecule has 12 heteroatoms. The Morgan fingerprint density at radius 1 is 0.915 bits per heavy atom. The zero-order valence-corrected chi connectivity index (χ0v) is 28.2. The predicted molar refractivity (Wildman–Crippen MR) is 185 cm³/mol. The Morgan fingerprint density at radius 3 is 1.94 bits per heavy atom. The molecule has 0 bridgehead atoms. The highest BCUT2D eigenvalue weighted by atomic mass is 35.5. The van der Waals surface area contributed by atoms with Crippen LogP contribution >= 0.6 is 24.8 Å². The topological polar surface area (TPSA) is 136 Å². The molecule has 0 saturated carbocycles. The molecule has 0 spiro atoms. The third kappa shape index (κ3) is 7.96. The lowest BCUT2D eigenvalue weighted by Gasteiger charge is -2.49. The highest BCUT2D eigenvalue weighted by molar-refractivity contribution is 5.92. The molecule has 10 nitrogen and oxygen atoms in total. The van der Waals surface area contributed by atoms with Crippen LogP contribution in [0, 0.1) is 16.0 Å². The van der Waals surface area contributed by atoms with Crippen molar-refractivity contribution < 1.29 is 24.7 Å². The molecule has 47 heavy (non-hydrogen) atoms. The van der Waals surface area contributed by atoms with Gasteiger partial charge in [0.2, 0.25) is 0 Å². The molecule has 2 heterocycles. The van der Waals surface area contributed by atoms with E-state index in [1.807, 2.05) is 19.1 Å². The SMILES string of the molecule is CC1=C(C(=O)O)C(c2cccc([N+](=O)[O-])c2)C(C(=O)O)C(C)(CC(C)N2CCN(C(c3ccccc3)c3ccccc3)CC2)N1.Cl.Cl. The van der Waals surface area contributed by atoms with Gasteiger partial charge in [-0.1, -0.05) is 72.8 Å². The quantitative estimate of drug-likeness (QED) is 0.170. The lowest BCUT2D eigenvalue weighted by molar-refractivity contribution is -0.384. The van der Waals surface area contributed by atoms with Gasteiger partial charge < -0.3 is 15.5 Å². The van der Waals surface area contributed by atoms with Crippen LogP contribution < -0.4 is 5.32 Å². The molecule has 4 unspecified atom stereocenters. The second kappa shape index (κ2) is 15.8. The molecular formula is C35H42Cl2N4O6. The van der Waals surface area contributed by atoms with Gasteiger partial charge in [0.05, 0.1) is 22.5 Å². The highest BCUT2D eigenvalue weighted by Gasteiger charge is 2.52. The molecule has 1 saturated heterocycles. The standard InChI is InChI=1S/C35H40N4O6.2ClH/c1-23(37-17-19-38(20-18-37)32(25-11-6-4-7-12-25)26-13-8-5-9-14-26)22-35(3)31(34(42)43)30(29(33(40)41)24(2)36-35)27-15-10-16-28(21-27)39(44)45;;/h4-16,21,23,30-32,36H,17-20,22H2,1-3H3,(H,40,41)(H,42,43);2*1H. The zero-order chi connectivity index (χ0) is 32.3. The van der Waals surface area contributed by atoms with Crippen molar-refractivity contribution >= 4 is 42.4 Å². The predicted octanol–water partition coefficient (Wildman–Crippen LogP) is 6.13. The Labute approximate surface area is 287 Å².